The van der Waals surface area contributed by atoms with E-state index in [1.807, 2.05) is 30.3 Å². The number of nitriles is 1. The zero-order valence-electron chi connectivity index (χ0n) is 31.0. The number of nitrogens with zero attached hydrogens (tertiary/aromatic N) is 3. The molecule has 9 aromatic rings. The molecule has 1 aliphatic carbocycles. The lowest BCUT2D eigenvalue weighted by Gasteiger charge is -2.34. The lowest BCUT2D eigenvalue weighted by Crippen LogP contribution is -2.28. The molecule has 0 saturated heterocycles. The molecule has 0 bridgehead atoms. The minimum absolute atomic E-state index is 0.597. The van der Waals surface area contributed by atoms with Crippen LogP contribution in [0.1, 0.15) is 27.8 Å². The lowest BCUT2D eigenvalue weighted by atomic mass is 9.67. The minimum Gasteiger partial charge on any atom is -0.228 e. The summed E-state index contributed by atoms with van der Waals surface area (Å²) >= 11 is 0. The molecule has 3 heteroatoms. The largest absolute Gasteiger partial charge is 0.228 e. The Kier molecular flexibility index (Phi) is 8.43. The molecular weight excluding hydrogens is 691 g/mol. The van der Waals surface area contributed by atoms with Crippen molar-refractivity contribution in [3.63, 3.8) is 0 Å². The molecule has 0 radical (unpaired) electrons. The molecule has 0 spiro atoms. The van der Waals surface area contributed by atoms with Crippen LogP contribution in [0.3, 0.4) is 0 Å². The molecule has 0 aliphatic heterocycles. The Bertz CT molecular complexity index is 2890. The van der Waals surface area contributed by atoms with Gasteiger partial charge >= 0.3 is 0 Å². The monoisotopic (exact) mass is 725 g/mol. The average molecular weight is 726 g/mol. The summed E-state index contributed by atoms with van der Waals surface area (Å²) in [4.78, 5) is 10.4. The maximum Gasteiger partial charge on any atom is 0.160 e. The maximum atomic E-state index is 10.1. The summed E-state index contributed by atoms with van der Waals surface area (Å²) in [7, 11) is 0. The van der Waals surface area contributed by atoms with Crippen molar-refractivity contribution < 1.29 is 0 Å². The van der Waals surface area contributed by atoms with Gasteiger partial charge in [0.2, 0.25) is 0 Å². The van der Waals surface area contributed by atoms with Gasteiger partial charge in [-0.25, -0.2) is 9.97 Å². The summed E-state index contributed by atoms with van der Waals surface area (Å²) < 4.78 is 0. The van der Waals surface area contributed by atoms with E-state index in [0.29, 0.717) is 11.4 Å². The summed E-state index contributed by atoms with van der Waals surface area (Å²) in [5, 5.41) is 10.1. The van der Waals surface area contributed by atoms with Gasteiger partial charge in [-0.3, -0.25) is 0 Å². The van der Waals surface area contributed by atoms with Crippen molar-refractivity contribution in [1.29, 1.82) is 5.26 Å². The molecule has 0 amide bonds. The Labute approximate surface area is 332 Å². The topological polar surface area (TPSA) is 49.6 Å². The van der Waals surface area contributed by atoms with Crippen molar-refractivity contribution >= 4 is 0 Å². The third-order valence-electron chi connectivity index (χ3n) is 11.2. The number of hydrogen-bond donors (Lipinski definition) is 0. The summed E-state index contributed by atoms with van der Waals surface area (Å²) in [6.07, 6.45) is 0. The van der Waals surface area contributed by atoms with Gasteiger partial charge in [-0.05, 0) is 79.9 Å². The fraction of sp³-hybridized carbons (Fsp3) is 0.0185. The molecule has 266 valence electrons. The van der Waals surface area contributed by atoms with E-state index < -0.39 is 5.41 Å². The lowest BCUT2D eigenvalue weighted by molar-refractivity contribution is 0.768. The van der Waals surface area contributed by atoms with E-state index in [9.17, 15) is 5.26 Å². The van der Waals surface area contributed by atoms with Crippen molar-refractivity contribution in [2.45, 2.75) is 5.41 Å². The number of hydrogen-bond acceptors (Lipinski definition) is 3. The summed E-state index contributed by atoms with van der Waals surface area (Å²) in [6, 6.07) is 76.7. The first-order valence-corrected chi connectivity index (χ1v) is 19.2. The van der Waals surface area contributed by atoms with Crippen molar-refractivity contribution in [3.8, 4) is 73.4 Å². The molecular formula is C54H35N3. The van der Waals surface area contributed by atoms with E-state index in [4.69, 9.17) is 9.97 Å². The van der Waals surface area contributed by atoms with E-state index in [2.05, 4.69) is 188 Å². The van der Waals surface area contributed by atoms with E-state index in [0.717, 1.165) is 72.6 Å². The molecule has 1 aromatic heterocycles. The average Bonchev–Trinajstić information content (AvgIpc) is 3.59. The van der Waals surface area contributed by atoms with Gasteiger partial charge in [-0.2, -0.15) is 5.26 Å². The van der Waals surface area contributed by atoms with Crippen LogP contribution in [0, 0.1) is 11.3 Å². The third-order valence-corrected chi connectivity index (χ3v) is 11.2. The van der Waals surface area contributed by atoms with Gasteiger partial charge in [0.15, 0.2) is 5.82 Å². The highest BCUT2D eigenvalue weighted by Gasteiger charge is 2.46. The van der Waals surface area contributed by atoms with Gasteiger partial charge < -0.3 is 0 Å². The molecule has 0 N–H and O–H groups in total. The van der Waals surface area contributed by atoms with E-state index >= 15 is 0 Å². The number of benzene rings is 8. The highest BCUT2D eigenvalue weighted by atomic mass is 14.9. The summed E-state index contributed by atoms with van der Waals surface area (Å²) in [5.41, 5.74) is 16.2. The van der Waals surface area contributed by atoms with Crippen LogP contribution >= 0.6 is 0 Å². The number of aromatic nitrogens is 2. The SMILES string of the molecule is N#Cc1ccc2c(c1)C(c1ccccc1)(c1ccccc1)c1ccc(-c3ccccc3-c3cc(-c4ccccc4)nc(-c4ccc(-c5ccccc5)cc4)n3)cc1-2. The van der Waals surface area contributed by atoms with Crippen LogP contribution in [0.25, 0.3) is 67.3 Å². The maximum absolute atomic E-state index is 10.1. The summed E-state index contributed by atoms with van der Waals surface area (Å²) in [6.45, 7) is 0. The van der Waals surface area contributed by atoms with E-state index in [1.165, 1.54) is 11.1 Å². The van der Waals surface area contributed by atoms with E-state index in [-0.39, 0.29) is 0 Å². The van der Waals surface area contributed by atoms with Crippen LogP contribution in [-0.2, 0) is 5.41 Å². The van der Waals surface area contributed by atoms with Gasteiger partial charge in [0.05, 0.1) is 28.4 Å². The second-order valence-electron chi connectivity index (χ2n) is 14.4. The quantitative estimate of drug-likeness (QED) is 0.164. The van der Waals surface area contributed by atoms with Gasteiger partial charge in [-0.15, -0.1) is 0 Å². The van der Waals surface area contributed by atoms with Crippen molar-refractivity contribution in [3.05, 3.63) is 240 Å². The first kappa shape index (κ1) is 33.9. The van der Waals surface area contributed by atoms with Gasteiger partial charge in [0.25, 0.3) is 0 Å². The van der Waals surface area contributed by atoms with Gasteiger partial charge in [0, 0.05) is 16.7 Å². The molecule has 0 atom stereocenters. The predicted octanol–water partition coefficient (Wildman–Crippen LogP) is 13.0. The molecule has 0 fully saturated rings. The fourth-order valence-electron chi connectivity index (χ4n) is 8.60. The first-order chi connectivity index (χ1) is 28.2. The molecule has 1 aliphatic rings. The van der Waals surface area contributed by atoms with E-state index in [1.54, 1.807) is 0 Å². The normalized spacial score (nSPS) is 12.3. The highest BCUT2D eigenvalue weighted by molar-refractivity contribution is 5.92. The molecule has 10 rings (SSSR count). The Hall–Kier alpha value is -7.67. The third kappa shape index (κ3) is 5.84. The minimum atomic E-state index is -0.597. The van der Waals surface area contributed by atoms with Crippen LogP contribution in [0.4, 0.5) is 0 Å². The smallest absolute Gasteiger partial charge is 0.160 e. The molecule has 57 heavy (non-hydrogen) atoms. The molecule has 0 saturated carbocycles. The Morgan fingerprint density at radius 3 is 1.53 bits per heavy atom. The zero-order valence-corrected chi connectivity index (χ0v) is 31.0. The van der Waals surface area contributed by atoms with Crippen LogP contribution < -0.4 is 0 Å². The van der Waals surface area contributed by atoms with Crippen molar-refractivity contribution in [2.24, 2.45) is 0 Å². The molecule has 1 heterocycles. The molecule has 8 aromatic carbocycles. The van der Waals surface area contributed by atoms with Crippen LogP contribution in [0.5, 0.6) is 0 Å². The van der Waals surface area contributed by atoms with Crippen molar-refractivity contribution in [1.82, 2.24) is 9.97 Å². The van der Waals surface area contributed by atoms with Crippen LogP contribution in [0.15, 0.2) is 212 Å². The van der Waals surface area contributed by atoms with Crippen LogP contribution in [0.2, 0.25) is 0 Å². The van der Waals surface area contributed by atoms with Gasteiger partial charge in [0.1, 0.15) is 0 Å². The fourth-order valence-corrected chi connectivity index (χ4v) is 8.60. The predicted molar refractivity (Wildman–Crippen MR) is 231 cm³/mol. The highest BCUT2D eigenvalue weighted by Crippen LogP contribution is 2.57. The molecule has 3 nitrogen and oxygen atoms in total. The zero-order chi connectivity index (χ0) is 38.2. The molecule has 0 unspecified atom stereocenters. The Morgan fingerprint density at radius 1 is 0.351 bits per heavy atom. The van der Waals surface area contributed by atoms with Crippen molar-refractivity contribution in [2.75, 3.05) is 0 Å². The second-order valence-corrected chi connectivity index (χ2v) is 14.4. The Morgan fingerprint density at radius 2 is 0.877 bits per heavy atom. The van der Waals surface area contributed by atoms with Gasteiger partial charge in [-0.1, -0.05) is 188 Å². The van der Waals surface area contributed by atoms with Crippen LogP contribution in [-0.4, -0.2) is 9.97 Å². The standard InChI is InChI=1S/C54H35N3/c55-36-37-25-31-46-48-34-42(30-32-49(48)54(50(46)33-37,43-19-9-3-10-20-43)44-21-11-4-12-22-44)45-23-13-14-24-47(45)52-35-51(40-17-7-2-8-18-40)56-53(57-52)41-28-26-39(27-29-41)38-15-5-1-6-16-38/h1-35H. The second kappa shape index (κ2) is 14.2. The summed E-state index contributed by atoms with van der Waals surface area (Å²) in [5.74, 6) is 0.674. The Balaban J connectivity index is 1.15. The number of fused-ring (bicyclic) bond motifs is 3. The number of rotatable bonds is 7. The first-order valence-electron chi connectivity index (χ1n) is 19.2.